The number of aliphatic hydroxyl groups is 1. The number of likely N-dealkylation sites (N-methyl/N-ethyl adjacent to an activating group) is 2. The van der Waals surface area contributed by atoms with E-state index in [1.807, 2.05) is 19.2 Å². The third-order valence-corrected chi connectivity index (χ3v) is 13.3. The smallest absolute Gasteiger partial charge is 0.174 e. The van der Waals surface area contributed by atoms with E-state index in [4.69, 9.17) is 9.47 Å². The normalized spacial score (nSPS) is 41.4. The quantitative estimate of drug-likeness (QED) is 0.465. The summed E-state index contributed by atoms with van der Waals surface area (Å²) in [5.41, 5.74) is 3.24. The highest BCUT2D eigenvalue weighted by Crippen LogP contribution is 2.68. The minimum absolute atomic E-state index is 0.0500. The van der Waals surface area contributed by atoms with Crippen LogP contribution in [0, 0.1) is 11.8 Å². The number of benzene rings is 2. The molecule has 0 aromatic heterocycles. The number of nitrogens with zero attached hydrogens (tertiary/aromatic N) is 2. The number of phenols is 2. The molecule has 2 unspecified atom stereocenters. The monoisotopic (exact) mass is 584 g/mol. The van der Waals surface area contributed by atoms with E-state index in [9.17, 15) is 24.9 Å². The molecule has 4 heterocycles. The molecule has 3 N–H and O–H groups in total. The lowest BCUT2D eigenvalue weighted by Gasteiger charge is -2.58. The van der Waals surface area contributed by atoms with Gasteiger partial charge in [0.2, 0.25) is 0 Å². The molecule has 43 heavy (non-hydrogen) atoms. The molecule has 4 aliphatic carbocycles. The van der Waals surface area contributed by atoms with Crippen LogP contribution in [0.2, 0.25) is 0 Å². The Balaban J connectivity index is 1.21. The van der Waals surface area contributed by atoms with Gasteiger partial charge in [-0.3, -0.25) is 9.59 Å². The van der Waals surface area contributed by atoms with E-state index in [-0.39, 0.29) is 46.8 Å². The number of phenolic OH excluding ortho intramolecular Hbond substituents is 2. The number of aliphatic hydroxyl groups excluding tert-OH is 1. The van der Waals surface area contributed by atoms with Crippen molar-refractivity contribution in [3.8, 4) is 34.1 Å². The van der Waals surface area contributed by atoms with Gasteiger partial charge in [0.05, 0.1) is 6.10 Å². The van der Waals surface area contributed by atoms with Crippen molar-refractivity contribution < 1.29 is 34.4 Å². The number of ether oxygens (including phenoxy) is 2. The molecule has 0 amide bonds. The van der Waals surface area contributed by atoms with Crippen molar-refractivity contribution in [2.45, 2.75) is 86.2 Å². The zero-order valence-electron chi connectivity index (χ0n) is 24.4. The predicted molar refractivity (Wildman–Crippen MR) is 154 cm³/mol. The number of carbonyl (C=O) groups is 2. The summed E-state index contributed by atoms with van der Waals surface area (Å²) in [5.74, 6) is 0.938. The Hall–Kier alpha value is -3.14. The number of likely N-dealkylation sites (tertiary alicyclic amines) is 2. The van der Waals surface area contributed by atoms with Gasteiger partial charge >= 0.3 is 0 Å². The molecule has 10 rings (SSSR count). The van der Waals surface area contributed by atoms with Crippen LogP contribution in [-0.2, 0) is 26.8 Å². The van der Waals surface area contributed by atoms with Crippen LogP contribution in [0.5, 0.6) is 23.0 Å². The molecule has 4 bridgehead atoms. The van der Waals surface area contributed by atoms with Gasteiger partial charge in [-0.15, -0.1) is 0 Å². The Labute approximate surface area is 249 Å². The number of ketones is 2. The lowest BCUT2D eigenvalue weighted by atomic mass is 9.51. The van der Waals surface area contributed by atoms with Gasteiger partial charge in [-0.25, -0.2) is 0 Å². The first kappa shape index (κ1) is 25.2. The van der Waals surface area contributed by atoms with Gasteiger partial charge in [-0.05, 0) is 94.4 Å². The first-order valence-corrected chi connectivity index (χ1v) is 16.0. The van der Waals surface area contributed by atoms with Gasteiger partial charge in [-0.1, -0.05) is 0 Å². The molecular weight excluding hydrogens is 548 g/mol. The van der Waals surface area contributed by atoms with E-state index in [1.165, 1.54) is 0 Å². The van der Waals surface area contributed by atoms with Crippen molar-refractivity contribution in [3.05, 3.63) is 34.4 Å². The van der Waals surface area contributed by atoms with Crippen LogP contribution in [0.1, 0.15) is 66.9 Å². The van der Waals surface area contributed by atoms with Crippen molar-refractivity contribution in [2.75, 3.05) is 27.2 Å². The van der Waals surface area contributed by atoms with Gasteiger partial charge in [0.1, 0.15) is 0 Å². The van der Waals surface area contributed by atoms with E-state index in [1.54, 1.807) is 0 Å². The molecule has 9 nitrogen and oxygen atoms in total. The molecule has 224 valence electrons. The number of hydrogen-bond donors (Lipinski definition) is 3. The summed E-state index contributed by atoms with van der Waals surface area (Å²) in [7, 11) is 4.19. The molecule has 4 fully saturated rings. The topological polar surface area (TPSA) is 120 Å². The molecule has 2 saturated carbocycles. The highest BCUT2D eigenvalue weighted by atomic mass is 16.5. The first-order chi connectivity index (χ1) is 20.7. The number of rotatable bonds is 1. The molecule has 9 atom stereocenters. The molecule has 2 saturated heterocycles. The highest BCUT2D eigenvalue weighted by Gasteiger charge is 2.68. The SMILES string of the molecule is CN1CC[C@@]23c4c5cc(-c6cc7c8c(c6O)OC6C(=O)CC[C@H]9[C@@H](C7O)N(C)CC[C@]869)c(O)c4O[C@H]2C(=O)CC[C@H]3[C@H]1C5. The Morgan fingerprint density at radius 3 is 2.09 bits per heavy atom. The van der Waals surface area contributed by atoms with Crippen molar-refractivity contribution in [3.63, 3.8) is 0 Å². The van der Waals surface area contributed by atoms with Crippen molar-refractivity contribution >= 4 is 11.6 Å². The summed E-state index contributed by atoms with van der Waals surface area (Å²) in [6.45, 7) is 1.61. The Morgan fingerprint density at radius 1 is 0.814 bits per heavy atom. The lowest BCUT2D eigenvalue weighted by Crippen LogP contribution is -2.66. The van der Waals surface area contributed by atoms with Gasteiger partial charge < -0.3 is 34.6 Å². The fourth-order valence-corrected chi connectivity index (χ4v) is 11.7. The Morgan fingerprint density at radius 2 is 1.40 bits per heavy atom. The van der Waals surface area contributed by atoms with E-state index in [0.29, 0.717) is 47.6 Å². The van der Waals surface area contributed by atoms with E-state index in [2.05, 4.69) is 16.8 Å². The summed E-state index contributed by atoms with van der Waals surface area (Å²) in [6, 6.07) is 3.88. The first-order valence-electron chi connectivity index (χ1n) is 16.0. The number of carbonyl (C=O) groups excluding carboxylic acids is 2. The van der Waals surface area contributed by atoms with Gasteiger partial charge in [0.15, 0.2) is 46.8 Å². The van der Waals surface area contributed by atoms with Crippen LogP contribution in [0.4, 0.5) is 0 Å². The van der Waals surface area contributed by atoms with Crippen LogP contribution in [0.15, 0.2) is 12.1 Å². The van der Waals surface area contributed by atoms with Crippen LogP contribution in [0.3, 0.4) is 0 Å². The fraction of sp³-hybridized carbons (Fsp3) is 0.588. The number of Topliss-reactive ketones (excluding diaryl/α,β-unsaturated/α-hetero) is 2. The van der Waals surface area contributed by atoms with Gasteiger partial charge in [0, 0.05) is 58.0 Å². The van der Waals surface area contributed by atoms with Crippen LogP contribution < -0.4 is 9.47 Å². The summed E-state index contributed by atoms with van der Waals surface area (Å²) < 4.78 is 12.9. The van der Waals surface area contributed by atoms with Crippen LogP contribution >= 0.6 is 0 Å². The fourth-order valence-electron chi connectivity index (χ4n) is 11.7. The van der Waals surface area contributed by atoms with Crippen LogP contribution in [-0.4, -0.2) is 88.2 Å². The Bertz CT molecular complexity index is 1700. The summed E-state index contributed by atoms with van der Waals surface area (Å²) >= 11 is 0. The van der Waals surface area contributed by atoms with Crippen LogP contribution in [0.25, 0.3) is 11.1 Å². The molecule has 2 aromatic carbocycles. The molecular formula is C34H36N2O7. The molecule has 2 spiro atoms. The van der Waals surface area contributed by atoms with E-state index < -0.39 is 29.1 Å². The molecule has 0 radical (unpaired) electrons. The molecule has 4 aliphatic heterocycles. The largest absolute Gasteiger partial charge is 0.504 e. The standard InChI is InChI=1S/C34H36N2O7/c1-35-9-7-33-18-3-5-21(37)31(33)42-29-23(33)14(12-20(18)35)11-15(27(29)40)16-13-17-24-30(28(16)41)43-32-22(38)6-4-19-25(26(17)39)36(2)10-8-34(19,24)32/h11,13,18-20,25-26,31-32,39-41H,3-10,12H2,1-2H3/t18-,19-,20+,25-,26?,31-,32?,33+,34-/m0/s1. The zero-order valence-corrected chi connectivity index (χ0v) is 24.4. The second kappa shape index (κ2) is 7.73. The minimum Gasteiger partial charge on any atom is -0.504 e. The highest BCUT2D eigenvalue weighted by molar-refractivity contribution is 5.93. The van der Waals surface area contributed by atoms with Crippen molar-refractivity contribution in [1.29, 1.82) is 0 Å². The minimum atomic E-state index is -0.827. The second-order valence-corrected chi connectivity index (χ2v) is 14.7. The molecule has 2 aromatic rings. The number of piperidine rings is 2. The summed E-state index contributed by atoms with van der Waals surface area (Å²) in [6.07, 6.45) is 2.61. The maximum Gasteiger partial charge on any atom is 0.174 e. The lowest BCUT2D eigenvalue weighted by molar-refractivity contribution is -0.143. The predicted octanol–water partition coefficient (Wildman–Crippen LogP) is 2.73. The zero-order chi connectivity index (χ0) is 29.3. The third-order valence-electron chi connectivity index (χ3n) is 13.3. The maximum absolute atomic E-state index is 13.3. The van der Waals surface area contributed by atoms with Crippen molar-refractivity contribution in [2.24, 2.45) is 11.8 Å². The Kier molecular flexibility index (Phi) is 4.54. The molecule has 9 heteroatoms. The van der Waals surface area contributed by atoms with E-state index >= 15 is 0 Å². The van der Waals surface area contributed by atoms with E-state index in [0.717, 1.165) is 55.5 Å². The summed E-state index contributed by atoms with van der Waals surface area (Å²) in [5, 5.41) is 35.7. The summed E-state index contributed by atoms with van der Waals surface area (Å²) in [4.78, 5) is 31.2. The van der Waals surface area contributed by atoms with Gasteiger partial charge in [-0.2, -0.15) is 0 Å². The van der Waals surface area contributed by atoms with Crippen molar-refractivity contribution in [1.82, 2.24) is 9.80 Å². The average Bonchev–Trinajstić information content (AvgIpc) is 3.53. The second-order valence-electron chi connectivity index (χ2n) is 14.7. The number of hydrogen-bond acceptors (Lipinski definition) is 9. The maximum atomic E-state index is 13.3. The van der Waals surface area contributed by atoms with Gasteiger partial charge in [0.25, 0.3) is 0 Å². The third kappa shape index (κ3) is 2.59. The average molecular weight is 585 g/mol. The number of aromatic hydroxyl groups is 2. The molecule has 8 aliphatic rings.